The van der Waals surface area contributed by atoms with E-state index >= 15 is 0 Å². The van der Waals surface area contributed by atoms with E-state index in [1.807, 2.05) is 11.9 Å². The van der Waals surface area contributed by atoms with Gasteiger partial charge in [-0.25, -0.2) is 4.39 Å². The lowest BCUT2D eigenvalue weighted by Gasteiger charge is -2.38. The number of hydrogen-bond donors (Lipinski definition) is 2. The zero-order chi connectivity index (χ0) is 14.6. The van der Waals surface area contributed by atoms with Gasteiger partial charge in [-0.05, 0) is 24.7 Å². The highest BCUT2D eigenvalue weighted by Gasteiger charge is 2.32. The second kappa shape index (κ2) is 6.63. The summed E-state index contributed by atoms with van der Waals surface area (Å²) in [4.78, 5) is 2.04. The van der Waals surface area contributed by atoms with E-state index < -0.39 is 5.60 Å². The maximum atomic E-state index is 13.0. The van der Waals surface area contributed by atoms with Crippen LogP contribution in [-0.2, 0) is 4.74 Å². The number of nitrogens with two attached hydrogens (primary N) is 1. The fourth-order valence-electron chi connectivity index (χ4n) is 2.74. The molecule has 2 rings (SSSR count). The minimum absolute atomic E-state index is 0.0255. The number of ether oxygens (including phenoxy) is 1. The van der Waals surface area contributed by atoms with Crippen molar-refractivity contribution in [1.82, 2.24) is 4.90 Å². The number of aliphatic hydroxyl groups is 1. The Balaban J connectivity index is 2.04. The third kappa shape index (κ3) is 3.76. The Hall–Kier alpha value is -1.01. The average molecular weight is 282 g/mol. The number of nitrogens with zero attached hydrogens (tertiary/aromatic N) is 1. The predicted molar refractivity (Wildman–Crippen MR) is 75.8 cm³/mol. The van der Waals surface area contributed by atoms with Crippen molar-refractivity contribution in [2.24, 2.45) is 5.73 Å². The molecule has 112 valence electrons. The van der Waals surface area contributed by atoms with Gasteiger partial charge in [-0.15, -0.1) is 0 Å². The molecule has 0 saturated carbocycles. The molecular weight excluding hydrogens is 259 g/mol. The monoisotopic (exact) mass is 282 g/mol. The first-order chi connectivity index (χ1) is 9.54. The summed E-state index contributed by atoms with van der Waals surface area (Å²) in [5.41, 5.74) is 6.09. The van der Waals surface area contributed by atoms with E-state index in [9.17, 15) is 9.50 Å². The summed E-state index contributed by atoms with van der Waals surface area (Å²) < 4.78 is 18.3. The summed E-state index contributed by atoms with van der Waals surface area (Å²) in [6.07, 6.45) is 1.27. The van der Waals surface area contributed by atoms with Crippen molar-refractivity contribution in [2.45, 2.75) is 24.5 Å². The third-order valence-corrected chi connectivity index (χ3v) is 3.98. The molecule has 1 unspecified atom stereocenters. The van der Waals surface area contributed by atoms with Crippen molar-refractivity contribution in [3.63, 3.8) is 0 Å². The second-order valence-corrected chi connectivity index (χ2v) is 5.55. The van der Waals surface area contributed by atoms with Crippen LogP contribution in [0.1, 0.15) is 24.4 Å². The minimum atomic E-state index is -0.722. The molecule has 1 aromatic carbocycles. The van der Waals surface area contributed by atoms with Crippen molar-refractivity contribution in [3.8, 4) is 0 Å². The van der Waals surface area contributed by atoms with E-state index in [-0.39, 0.29) is 11.9 Å². The number of likely N-dealkylation sites (N-methyl/N-ethyl adjacent to an activating group) is 1. The molecule has 20 heavy (non-hydrogen) atoms. The van der Waals surface area contributed by atoms with Gasteiger partial charge in [0.1, 0.15) is 5.82 Å². The molecule has 1 aromatic rings. The maximum Gasteiger partial charge on any atom is 0.123 e. The van der Waals surface area contributed by atoms with Gasteiger partial charge in [0.2, 0.25) is 0 Å². The van der Waals surface area contributed by atoms with Crippen LogP contribution in [0.4, 0.5) is 4.39 Å². The summed E-state index contributed by atoms with van der Waals surface area (Å²) in [6.45, 7) is 2.15. The lowest BCUT2D eigenvalue weighted by molar-refractivity contribution is -0.0812. The molecule has 1 heterocycles. The highest BCUT2D eigenvalue weighted by molar-refractivity contribution is 5.20. The van der Waals surface area contributed by atoms with Crippen molar-refractivity contribution >= 4 is 0 Å². The van der Waals surface area contributed by atoms with Gasteiger partial charge in [-0.2, -0.15) is 0 Å². The quantitative estimate of drug-likeness (QED) is 0.854. The van der Waals surface area contributed by atoms with Gasteiger partial charge in [0.25, 0.3) is 0 Å². The Morgan fingerprint density at radius 2 is 1.95 bits per heavy atom. The van der Waals surface area contributed by atoms with Gasteiger partial charge in [0.05, 0.1) is 5.60 Å². The smallest absolute Gasteiger partial charge is 0.123 e. The molecule has 1 saturated heterocycles. The van der Waals surface area contributed by atoms with Gasteiger partial charge in [-0.1, -0.05) is 12.1 Å². The predicted octanol–water partition coefficient (Wildman–Crippen LogP) is 1.30. The molecule has 0 bridgehead atoms. The van der Waals surface area contributed by atoms with Gasteiger partial charge < -0.3 is 15.6 Å². The number of rotatable bonds is 5. The molecule has 1 atom stereocenters. The molecule has 3 N–H and O–H groups in total. The Labute approximate surface area is 119 Å². The molecule has 0 spiro atoms. The molecule has 4 nitrogen and oxygen atoms in total. The molecule has 0 aromatic heterocycles. The fourth-order valence-corrected chi connectivity index (χ4v) is 2.74. The van der Waals surface area contributed by atoms with Gasteiger partial charge in [-0.3, -0.25) is 4.90 Å². The highest BCUT2D eigenvalue weighted by atomic mass is 19.1. The average Bonchev–Trinajstić information content (AvgIpc) is 2.42. The SMILES string of the molecule is CN(CC1(O)CCOCC1)C(CN)c1ccc(F)cc1. The second-order valence-electron chi connectivity index (χ2n) is 5.55. The highest BCUT2D eigenvalue weighted by Crippen LogP contribution is 2.26. The van der Waals surface area contributed by atoms with Gasteiger partial charge >= 0.3 is 0 Å². The van der Waals surface area contributed by atoms with E-state index in [2.05, 4.69) is 0 Å². The van der Waals surface area contributed by atoms with E-state index in [1.165, 1.54) is 12.1 Å². The first-order valence-electron chi connectivity index (χ1n) is 7.00. The molecular formula is C15H23FN2O2. The number of benzene rings is 1. The fraction of sp³-hybridized carbons (Fsp3) is 0.600. The first kappa shape index (κ1) is 15.4. The van der Waals surface area contributed by atoms with Crippen LogP contribution in [0, 0.1) is 5.82 Å². The third-order valence-electron chi connectivity index (χ3n) is 3.98. The summed E-state index contributed by atoms with van der Waals surface area (Å²) >= 11 is 0. The molecule has 1 aliphatic rings. The molecule has 5 heteroatoms. The zero-order valence-corrected chi connectivity index (χ0v) is 11.9. The summed E-state index contributed by atoms with van der Waals surface area (Å²) in [5.74, 6) is -0.254. The van der Waals surface area contributed by atoms with Crippen molar-refractivity contribution in [2.75, 3.05) is 33.4 Å². The zero-order valence-electron chi connectivity index (χ0n) is 11.9. The van der Waals surface area contributed by atoms with Crippen LogP contribution >= 0.6 is 0 Å². The standard InChI is InChI=1S/C15H23FN2O2/c1-18(11-15(19)6-8-20-9-7-15)14(10-17)12-2-4-13(16)5-3-12/h2-5,14,19H,6-11,17H2,1H3. The van der Waals surface area contributed by atoms with E-state index in [4.69, 9.17) is 10.5 Å². The molecule has 0 radical (unpaired) electrons. The molecule has 1 fully saturated rings. The van der Waals surface area contributed by atoms with Crippen LogP contribution in [0.25, 0.3) is 0 Å². The molecule has 1 aliphatic heterocycles. The van der Waals surface area contributed by atoms with Crippen molar-refractivity contribution < 1.29 is 14.2 Å². The van der Waals surface area contributed by atoms with E-state index in [0.29, 0.717) is 39.1 Å². The Morgan fingerprint density at radius 3 is 2.50 bits per heavy atom. The summed E-state index contributed by atoms with van der Waals surface area (Å²) in [7, 11) is 1.94. The Bertz CT molecular complexity index is 418. The maximum absolute atomic E-state index is 13.0. The number of hydrogen-bond acceptors (Lipinski definition) is 4. The lowest BCUT2D eigenvalue weighted by Crippen LogP contribution is -2.47. The van der Waals surface area contributed by atoms with Crippen LogP contribution in [0.3, 0.4) is 0 Å². The first-order valence-corrected chi connectivity index (χ1v) is 7.00. The van der Waals surface area contributed by atoms with Gasteiger partial charge in [0.15, 0.2) is 0 Å². The Kier molecular flexibility index (Phi) is 5.10. The van der Waals surface area contributed by atoms with Crippen LogP contribution in [0.5, 0.6) is 0 Å². The topological polar surface area (TPSA) is 58.7 Å². The van der Waals surface area contributed by atoms with E-state index in [1.54, 1.807) is 12.1 Å². The normalized spacial score (nSPS) is 20.1. The minimum Gasteiger partial charge on any atom is -0.388 e. The molecule has 0 amide bonds. The summed E-state index contributed by atoms with van der Waals surface area (Å²) in [5, 5.41) is 10.6. The summed E-state index contributed by atoms with van der Waals surface area (Å²) in [6, 6.07) is 6.35. The van der Waals surface area contributed by atoms with Crippen LogP contribution in [-0.4, -0.2) is 49.0 Å². The Morgan fingerprint density at radius 1 is 1.35 bits per heavy atom. The van der Waals surface area contributed by atoms with Crippen molar-refractivity contribution in [3.05, 3.63) is 35.6 Å². The largest absolute Gasteiger partial charge is 0.388 e. The number of halogens is 1. The van der Waals surface area contributed by atoms with Crippen molar-refractivity contribution in [1.29, 1.82) is 0 Å². The van der Waals surface area contributed by atoms with E-state index in [0.717, 1.165) is 5.56 Å². The van der Waals surface area contributed by atoms with Crippen LogP contribution in [0.15, 0.2) is 24.3 Å². The molecule has 0 aliphatic carbocycles. The van der Waals surface area contributed by atoms with Gasteiger partial charge in [0, 0.05) is 45.2 Å². The van der Waals surface area contributed by atoms with Crippen LogP contribution in [0.2, 0.25) is 0 Å². The van der Waals surface area contributed by atoms with Crippen LogP contribution < -0.4 is 5.73 Å². The lowest BCUT2D eigenvalue weighted by atomic mass is 9.92.